The Morgan fingerprint density at radius 3 is 2.40 bits per heavy atom. The van der Waals surface area contributed by atoms with E-state index >= 15 is 0 Å². The Balaban J connectivity index is 1.64. The zero-order valence-electron chi connectivity index (χ0n) is 28.7. The molecule has 1 aliphatic heterocycles. The summed E-state index contributed by atoms with van der Waals surface area (Å²) in [5.74, 6) is 1.54. The van der Waals surface area contributed by atoms with E-state index in [0.717, 1.165) is 46.4 Å². The number of benzene rings is 2. The van der Waals surface area contributed by atoms with Crippen LogP contribution in [0.1, 0.15) is 81.8 Å². The molecule has 0 fully saturated rings. The summed E-state index contributed by atoms with van der Waals surface area (Å²) in [6.07, 6.45) is 5.64. The van der Waals surface area contributed by atoms with Crippen LogP contribution in [0.4, 0.5) is 5.95 Å². The summed E-state index contributed by atoms with van der Waals surface area (Å²) in [5, 5.41) is 0. The minimum Gasteiger partial charge on any atom is -0.477 e. The molecule has 47 heavy (non-hydrogen) atoms. The van der Waals surface area contributed by atoms with Gasteiger partial charge in [-0.2, -0.15) is 4.98 Å². The quantitative estimate of drug-likeness (QED) is 0.195. The minimum atomic E-state index is -4.03. The third-order valence-electron chi connectivity index (χ3n) is 8.39. The van der Waals surface area contributed by atoms with E-state index in [0.29, 0.717) is 42.3 Å². The smallest absolute Gasteiger partial charge is 0.264 e. The number of nitrogens with zero attached hydrogens (tertiary/aromatic N) is 4. The SMILES string of the molecule is Cc1cccc(CC(C)C)c1-c1nc2nc(c1C)OC[C@@H](CC(C)C)C(Cc1cnc(OC(C)C)cn1)c1cccc(c1)S(=O)(=O)N2. The molecule has 1 N–H and O–H groups in total. The summed E-state index contributed by atoms with van der Waals surface area (Å²) in [5.41, 5.74) is 6.32. The summed E-state index contributed by atoms with van der Waals surface area (Å²) >= 11 is 0. The molecule has 250 valence electrons. The average Bonchev–Trinajstić information content (AvgIpc) is 2.99. The Bertz CT molecular complexity index is 1810. The zero-order chi connectivity index (χ0) is 33.9. The van der Waals surface area contributed by atoms with Crippen molar-refractivity contribution in [3.8, 4) is 23.0 Å². The molecule has 1 aliphatic rings. The van der Waals surface area contributed by atoms with E-state index in [-0.39, 0.29) is 28.8 Å². The van der Waals surface area contributed by atoms with E-state index in [1.54, 1.807) is 30.6 Å². The molecular weight excluding hydrogens is 611 g/mol. The molecule has 0 saturated heterocycles. The number of aromatic nitrogens is 4. The second-order valence-corrected chi connectivity index (χ2v) is 15.4. The Kier molecular flexibility index (Phi) is 10.5. The van der Waals surface area contributed by atoms with Crippen LogP contribution >= 0.6 is 0 Å². The predicted octanol–water partition coefficient (Wildman–Crippen LogP) is 7.72. The average molecular weight is 658 g/mol. The van der Waals surface area contributed by atoms with Crippen molar-refractivity contribution in [1.29, 1.82) is 0 Å². The number of anilines is 1. The van der Waals surface area contributed by atoms with E-state index < -0.39 is 10.0 Å². The highest BCUT2D eigenvalue weighted by atomic mass is 32.2. The van der Waals surface area contributed by atoms with Crippen molar-refractivity contribution in [3.63, 3.8) is 0 Å². The number of rotatable bonds is 9. The fourth-order valence-corrected chi connectivity index (χ4v) is 7.37. The van der Waals surface area contributed by atoms with Crippen molar-refractivity contribution >= 4 is 16.0 Å². The van der Waals surface area contributed by atoms with Crippen LogP contribution in [0.3, 0.4) is 0 Å². The van der Waals surface area contributed by atoms with Crippen LogP contribution in [-0.4, -0.2) is 41.1 Å². The van der Waals surface area contributed by atoms with Crippen LogP contribution < -0.4 is 14.2 Å². The molecule has 0 aliphatic carbocycles. The van der Waals surface area contributed by atoms with Gasteiger partial charge >= 0.3 is 0 Å². The number of aryl methyl sites for hydroxylation is 1. The van der Waals surface area contributed by atoms with Gasteiger partial charge in [-0.1, -0.05) is 58.0 Å². The van der Waals surface area contributed by atoms with Gasteiger partial charge in [0.05, 0.1) is 41.4 Å². The maximum atomic E-state index is 13.9. The summed E-state index contributed by atoms with van der Waals surface area (Å²) in [6.45, 7) is 17.0. The van der Waals surface area contributed by atoms with Crippen molar-refractivity contribution < 1.29 is 17.9 Å². The molecule has 0 saturated carbocycles. The molecular formula is C37H47N5O4S. The largest absolute Gasteiger partial charge is 0.477 e. The van der Waals surface area contributed by atoms with Crippen molar-refractivity contribution in [2.24, 2.45) is 17.8 Å². The molecule has 3 heterocycles. The summed E-state index contributed by atoms with van der Waals surface area (Å²) in [7, 11) is -4.03. The monoisotopic (exact) mass is 657 g/mol. The van der Waals surface area contributed by atoms with E-state index in [1.807, 2.05) is 26.8 Å². The molecule has 0 radical (unpaired) electrons. The molecule has 0 amide bonds. The third kappa shape index (κ3) is 8.27. The standard InChI is InChI=1S/C37H47N5O4S/c1-22(2)15-28-13-9-11-25(7)34(28)35-26(8)36-41-37(40-35)42-47(43,44)31-14-10-12-27(17-31)32(29(21-45-36)16-23(3)4)18-30-19-39-33(20-38-30)46-24(5)6/h9-14,17,19-20,22-24,29,32H,15-16,18,21H2,1-8H3,(H,40,41,42)/t29-,32?/m1/s1. The number of hydrogen-bond donors (Lipinski definition) is 1. The highest BCUT2D eigenvalue weighted by molar-refractivity contribution is 7.92. The van der Waals surface area contributed by atoms with Gasteiger partial charge < -0.3 is 9.47 Å². The minimum absolute atomic E-state index is 0.00814. The first-order chi connectivity index (χ1) is 22.3. The lowest BCUT2D eigenvalue weighted by molar-refractivity contribution is 0.192. The molecule has 5 rings (SSSR count). The Morgan fingerprint density at radius 2 is 1.72 bits per heavy atom. The first-order valence-corrected chi connectivity index (χ1v) is 18.0. The van der Waals surface area contributed by atoms with Crippen molar-refractivity contribution in [3.05, 3.63) is 82.8 Å². The zero-order valence-corrected chi connectivity index (χ0v) is 29.6. The van der Waals surface area contributed by atoms with Gasteiger partial charge in [-0.15, -0.1) is 0 Å². The molecule has 2 atom stereocenters. The molecule has 4 aromatic rings. The number of ether oxygens (including phenoxy) is 2. The van der Waals surface area contributed by atoms with Gasteiger partial charge in [-0.3, -0.25) is 4.98 Å². The predicted molar refractivity (Wildman–Crippen MR) is 185 cm³/mol. The lowest BCUT2D eigenvalue weighted by atomic mass is 9.79. The van der Waals surface area contributed by atoms with Crippen LogP contribution in [0.5, 0.6) is 11.8 Å². The molecule has 9 nitrogen and oxygen atoms in total. The number of sulfonamides is 1. The maximum Gasteiger partial charge on any atom is 0.264 e. The second kappa shape index (κ2) is 14.4. The number of hydrogen-bond acceptors (Lipinski definition) is 8. The van der Waals surface area contributed by atoms with Crippen molar-refractivity contribution in [2.45, 2.75) is 91.6 Å². The van der Waals surface area contributed by atoms with Gasteiger partial charge in [-0.25, -0.2) is 23.1 Å². The van der Waals surface area contributed by atoms with E-state index in [9.17, 15) is 8.42 Å². The van der Waals surface area contributed by atoms with E-state index in [1.165, 1.54) is 0 Å². The van der Waals surface area contributed by atoms with Crippen LogP contribution in [0.25, 0.3) is 11.3 Å². The van der Waals surface area contributed by atoms with E-state index in [2.05, 4.69) is 72.5 Å². The van der Waals surface area contributed by atoms with Crippen LogP contribution in [0.15, 0.2) is 59.8 Å². The van der Waals surface area contributed by atoms with E-state index in [4.69, 9.17) is 14.5 Å². The highest BCUT2D eigenvalue weighted by Gasteiger charge is 2.30. The topological polar surface area (TPSA) is 116 Å². The Hall–Kier alpha value is -4.05. The fourth-order valence-electron chi connectivity index (χ4n) is 6.37. The maximum absolute atomic E-state index is 13.9. The van der Waals surface area contributed by atoms with Crippen LogP contribution in [0, 0.1) is 31.6 Å². The van der Waals surface area contributed by atoms with Gasteiger partial charge in [0, 0.05) is 17.0 Å². The first-order valence-electron chi connectivity index (χ1n) is 16.5. The number of fused-ring (bicyclic) bond motifs is 4. The second-order valence-electron chi connectivity index (χ2n) is 13.7. The first kappa shape index (κ1) is 34.3. The van der Waals surface area contributed by atoms with Crippen molar-refractivity contribution in [2.75, 3.05) is 11.3 Å². The van der Waals surface area contributed by atoms with Gasteiger partial charge in [0.25, 0.3) is 10.0 Å². The highest BCUT2D eigenvalue weighted by Crippen LogP contribution is 2.38. The third-order valence-corrected chi connectivity index (χ3v) is 9.72. The van der Waals surface area contributed by atoms with Gasteiger partial charge in [0.2, 0.25) is 17.7 Å². The Morgan fingerprint density at radius 1 is 0.957 bits per heavy atom. The lowest BCUT2D eigenvalue weighted by Gasteiger charge is -2.30. The van der Waals surface area contributed by atoms with Crippen molar-refractivity contribution in [1.82, 2.24) is 19.9 Å². The molecule has 1 unspecified atom stereocenters. The number of nitrogens with one attached hydrogen (secondary N) is 1. The van der Waals surface area contributed by atoms with Gasteiger partial charge in [-0.05, 0) is 93.5 Å². The molecule has 2 aromatic carbocycles. The van der Waals surface area contributed by atoms with Crippen LogP contribution in [0.2, 0.25) is 0 Å². The Labute approximate surface area is 279 Å². The summed E-state index contributed by atoms with van der Waals surface area (Å²) < 4.78 is 42.8. The summed E-state index contributed by atoms with van der Waals surface area (Å²) in [4.78, 5) is 18.8. The normalized spacial score (nSPS) is 17.5. The van der Waals surface area contributed by atoms with Gasteiger partial charge in [0.1, 0.15) is 0 Å². The van der Waals surface area contributed by atoms with Gasteiger partial charge in [0.15, 0.2) is 0 Å². The molecule has 4 bridgehead atoms. The molecule has 2 aromatic heterocycles. The summed E-state index contributed by atoms with van der Waals surface area (Å²) in [6, 6.07) is 13.4. The van der Waals surface area contributed by atoms with Crippen LogP contribution in [-0.2, 0) is 22.9 Å². The molecule has 10 heteroatoms. The fraction of sp³-hybridized carbons (Fsp3) is 0.459. The molecule has 0 spiro atoms. The lowest BCUT2D eigenvalue weighted by Crippen LogP contribution is -2.26.